The van der Waals surface area contributed by atoms with Crippen LogP contribution in [0.2, 0.25) is 0 Å². The largest absolute Gasteiger partial charge is 0.383 e. The second-order valence-electron chi connectivity index (χ2n) is 5.28. The summed E-state index contributed by atoms with van der Waals surface area (Å²) in [5.74, 6) is 0. The molecule has 1 aromatic heterocycles. The van der Waals surface area contributed by atoms with Gasteiger partial charge in [-0.05, 0) is 38.2 Å². The van der Waals surface area contributed by atoms with E-state index in [1.165, 1.54) is 23.9 Å². The lowest BCUT2D eigenvalue weighted by molar-refractivity contribution is 0.575. The summed E-state index contributed by atoms with van der Waals surface area (Å²) < 4.78 is 0.318. The van der Waals surface area contributed by atoms with Crippen LogP contribution in [0.15, 0.2) is 30.3 Å². The molecule has 0 bridgehead atoms. The zero-order valence-corrected chi connectivity index (χ0v) is 13.7. The highest BCUT2D eigenvalue weighted by Gasteiger charge is 2.24. The summed E-state index contributed by atoms with van der Waals surface area (Å²) in [5, 5.41) is 4.87. The van der Waals surface area contributed by atoms with E-state index in [1.54, 1.807) is 0 Å². The van der Waals surface area contributed by atoms with Gasteiger partial charge in [0.2, 0.25) is 0 Å². The molecule has 0 fully saturated rings. The van der Waals surface area contributed by atoms with Crippen molar-refractivity contribution in [3.8, 4) is 0 Å². The SMILES string of the molecule is CCC(CC)(CNc1cc(C)nc2ccccc12)SC. The average Bonchev–Trinajstić information content (AvgIpc) is 2.49. The first kappa shape index (κ1) is 15.2. The van der Waals surface area contributed by atoms with E-state index < -0.39 is 0 Å². The monoisotopic (exact) mass is 288 g/mol. The molecule has 0 unspecified atom stereocenters. The van der Waals surface area contributed by atoms with Crippen LogP contribution < -0.4 is 5.32 Å². The summed E-state index contributed by atoms with van der Waals surface area (Å²) in [4.78, 5) is 4.60. The van der Waals surface area contributed by atoms with Crippen LogP contribution in [0.25, 0.3) is 10.9 Å². The van der Waals surface area contributed by atoms with Crippen molar-refractivity contribution in [2.75, 3.05) is 18.1 Å². The summed E-state index contributed by atoms with van der Waals surface area (Å²) in [5.41, 5.74) is 3.33. The Hall–Kier alpha value is -1.22. The maximum Gasteiger partial charge on any atom is 0.0725 e. The van der Waals surface area contributed by atoms with Gasteiger partial charge in [0.05, 0.1) is 5.52 Å². The van der Waals surface area contributed by atoms with Gasteiger partial charge in [-0.3, -0.25) is 4.98 Å². The van der Waals surface area contributed by atoms with E-state index in [4.69, 9.17) is 0 Å². The predicted molar refractivity (Wildman–Crippen MR) is 91.8 cm³/mol. The molecule has 0 saturated heterocycles. The van der Waals surface area contributed by atoms with E-state index >= 15 is 0 Å². The molecule has 20 heavy (non-hydrogen) atoms. The van der Waals surface area contributed by atoms with Crippen LogP contribution in [0.5, 0.6) is 0 Å². The van der Waals surface area contributed by atoms with Crippen LogP contribution in [-0.4, -0.2) is 22.5 Å². The van der Waals surface area contributed by atoms with Crippen molar-refractivity contribution in [1.29, 1.82) is 0 Å². The van der Waals surface area contributed by atoms with E-state index in [0.717, 1.165) is 17.8 Å². The third kappa shape index (κ3) is 3.09. The van der Waals surface area contributed by atoms with Gasteiger partial charge in [-0.2, -0.15) is 11.8 Å². The number of pyridine rings is 1. The van der Waals surface area contributed by atoms with Crippen LogP contribution in [0.4, 0.5) is 5.69 Å². The molecular weight excluding hydrogens is 264 g/mol. The number of para-hydroxylation sites is 1. The highest BCUT2D eigenvalue weighted by Crippen LogP contribution is 2.32. The van der Waals surface area contributed by atoms with E-state index in [2.05, 4.69) is 61.6 Å². The smallest absolute Gasteiger partial charge is 0.0725 e. The first-order valence-electron chi connectivity index (χ1n) is 7.29. The molecule has 0 aliphatic carbocycles. The molecule has 2 nitrogen and oxygen atoms in total. The molecule has 1 heterocycles. The molecule has 0 atom stereocenters. The summed E-state index contributed by atoms with van der Waals surface area (Å²) in [6, 6.07) is 10.5. The van der Waals surface area contributed by atoms with Gasteiger partial charge in [0.15, 0.2) is 0 Å². The molecule has 3 heteroatoms. The fourth-order valence-electron chi connectivity index (χ4n) is 2.57. The minimum atomic E-state index is 0.318. The summed E-state index contributed by atoms with van der Waals surface area (Å²) in [6.07, 6.45) is 4.57. The molecular formula is C17H24N2S. The van der Waals surface area contributed by atoms with E-state index in [9.17, 15) is 0 Å². The fourth-order valence-corrected chi connectivity index (χ4v) is 3.37. The zero-order valence-electron chi connectivity index (χ0n) is 12.9. The number of aromatic nitrogens is 1. The lowest BCUT2D eigenvalue weighted by atomic mass is 10.0. The third-order valence-corrected chi connectivity index (χ3v) is 5.75. The Morgan fingerprint density at radius 2 is 1.90 bits per heavy atom. The fraction of sp³-hybridized carbons (Fsp3) is 0.471. The average molecular weight is 288 g/mol. The van der Waals surface area contributed by atoms with Gasteiger partial charge in [-0.15, -0.1) is 0 Å². The number of nitrogens with one attached hydrogen (secondary N) is 1. The standard InChI is InChI=1S/C17H24N2S/c1-5-17(6-2,20-4)12-18-16-11-13(3)19-15-10-8-7-9-14(15)16/h7-11H,5-6,12H2,1-4H3,(H,18,19). The van der Waals surface area contributed by atoms with Crippen molar-refractivity contribution in [2.24, 2.45) is 0 Å². The number of hydrogen-bond donors (Lipinski definition) is 1. The van der Waals surface area contributed by atoms with Crippen molar-refractivity contribution >= 4 is 28.4 Å². The normalized spacial score (nSPS) is 11.8. The zero-order chi connectivity index (χ0) is 14.6. The highest BCUT2D eigenvalue weighted by atomic mass is 32.2. The minimum absolute atomic E-state index is 0.318. The predicted octanol–water partition coefficient (Wildman–Crippen LogP) is 4.88. The summed E-state index contributed by atoms with van der Waals surface area (Å²) in [6.45, 7) is 7.60. The van der Waals surface area contributed by atoms with Crippen LogP contribution in [0, 0.1) is 6.92 Å². The van der Waals surface area contributed by atoms with Gasteiger partial charge in [-0.1, -0.05) is 32.0 Å². The molecule has 1 aromatic carbocycles. The Labute approximate surface area is 126 Å². The van der Waals surface area contributed by atoms with Gasteiger partial charge >= 0.3 is 0 Å². The minimum Gasteiger partial charge on any atom is -0.383 e. The van der Waals surface area contributed by atoms with Crippen LogP contribution in [-0.2, 0) is 0 Å². The number of fused-ring (bicyclic) bond motifs is 1. The maximum absolute atomic E-state index is 4.60. The lowest BCUT2D eigenvalue weighted by Crippen LogP contribution is -2.32. The van der Waals surface area contributed by atoms with Crippen molar-refractivity contribution < 1.29 is 0 Å². The van der Waals surface area contributed by atoms with Crippen LogP contribution >= 0.6 is 11.8 Å². The highest BCUT2D eigenvalue weighted by molar-refractivity contribution is 8.00. The number of nitrogens with zero attached hydrogens (tertiary/aromatic N) is 1. The number of benzene rings is 1. The van der Waals surface area contributed by atoms with E-state index in [1.807, 2.05) is 17.8 Å². The maximum atomic E-state index is 4.60. The van der Waals surface area contributed by atoms with Crippen molar-refractivity contribution in [2.45, 2.75) is 38.4 Å². The quantitative estimate of drug-likeness (QED) is 0.820. The Morgan fingerprint density at radius 1 is 1.20 bits per heavy atom. The number of hydrogen-bond acceptors (Lipinski definition) is 3. The number of rotatable bonds is 6. The van der Waals surface area contributed by atoms with Gasteiger partial charge in [-0.25, -0.2) is 0 Å². The van der Waals surface area contributed by atoms with Crippen LogP contribution in [0.1, 0.15) is 32.4 Å². The molecule has 2 aromatic rings. The number of aryl methyl sites for hydroxylation is 1. The molecule has 0 aliphatic heterocycles. The Balaban J connectivity index is 2.30. The second kappa shape index (κ2) is 6.49. The van der Waals surface area contributed by atoms with Crippen molar-refractivity contribution in [3.05, 3.63) is 36.0 Å². The Kier molecular flexibility index (Phi) is 4.92. The topological polar surface area (TPSA) is 24.9 Å². The molecule has 1 N–H and O–H groups in total. The molecule has 0 saturated carbocycles. The molecule has 0 radical (unpaired) electrons. The van der Waals surface area contributed by atoms with E-state index in [-0.39, 0.29) is 0 Å². The molecule has 0 aliphatic rings. The number of anilines is 1. The molecule has 108 valence electrons. The summed E-state index contributed by atoms with van der Waals surface area (Å²) in [7, 11) is 0. The third-order valence-electron chi connectivity index (χ3n) is 4.17. The van der Waals surface area contributed by atoms with E-state index in [0.29, 0.717) is 4.75 Å². The first-order chi connectivity index (χ1) is 9.64. The van der Waals surface area contributed by atoms with Crippen molar-refractivity contribution in [1.82, 2.24) is 4.98 Å². The molecule has 0 amide bonds. The first-order valence-corrected chi connectivity index (χ1v) is 8.52. The summed E-state index contributed by atoms with van der Waals surface area (Å²) >= 11 is 1.97. The van der Waals surface area contributed by atoms with Gasteiger partial charge in [0.1, 0.15) is 0 Å². The van der Waals surface area contributed by atoms with Gasteiger partial charge < -0.3 is 5.32 Å². The molecule has 2 rings (SSSR count). The Morgan fingerprint density at radius 3 is 2.55 bits per heavy atom. The Bertz CT molecular complexity index is 568. The van der Waals surface area contributed by atoms with Crippen LogP contribution in [0.3, 0.4) is 0 Å². The van der Waals surface area contributed by atoms with Gasteiger partial charge in [0, 0.05) is 28.1 Å². The lowest BCUT2D eigenvalue weighted by Gasteiger charge is -2.30. The van der Waals surface area contributed by atoms with Crippen molar-refractivity contribution in [3.63, 3.8) is 0 Å². The second-order valence-corrected chi connectivity index (χ2v) is 6.55. The van der Waals surface area contributed by atoms with Gasteiger partial charge in [0.25, 0.3) is 0 Å². The molecule has 0 spiro atoms. The number of thioether (sulfide) groups is 1.